The van der Waals surface area contributed by atoms with Gasteiger partial charge in [0, 0.05) is 51.9 Å². The fourth-order valence-electron chi connectivity index (χ4n) is 4.93. The van der Waals surface area contributed by atoms with Gasteiger partial charge >= 0.3 is 6.36 Å². The van der Waals surface area contributed by atoms with Crippen molar-refractivity contribution in [3.63, 3.8) is 0 Å². The number of ether oxygens (including phenoxy) is 1. The average Bonchev–Trinajstić information content (AvgIpc) is 3.23. The smallest absolute Gasteiger partial charge is 0.404 e. The minimum absolute atomic E-state index is 0.0650. The number of para-hydroxylation sites is 1. The fraction of sp³-hybridized carbons (Fsp3) is 0.714. The number of piperazine rings is 1. The summed E-state index contributed by atoms with van der Waals surface area (Å²) in [5, 5.41) is 3.32. The molecule has 3 aliphatic heterocycles. The molecule has 0 atom stereocenters. The van der Waals surface area contributed by atoms with Gasteiger partial charge in [-0.05, 0) is 50.4 Å². The lowest BCUT2D eigenvalue weighted by atomic mass is 10.0. The second kappa shape index (κ2) is 9.10. The van der Waals surface area contributed by atoms with Crippen molar-refractivity contribution in [1.29, 1.82) is 0 Å². The van der Waals surface area contributed by atoms with E-state index >= 15 is 0 Å². The highest BCUT2D eigenvalue weighted by Gasteiger charge is 2.35. The summed E-state index contributed by atoms with van der Waals surface area (Å²) in [5.74, 6) is -0.0650. The first kappa shape index (κ1) is 20.8. The molecule has 3 heterocycles. The van der Waals surface area contributed by atoms with Crippen LogP contribution in [0, 0.1) is 0 Å². The van der Waals surface area contributed by atoms with Crippen LogP contribution >= 0.6 is 0 Å². The SMILES string of the molecule is FC(F)(F)Oc1cccc(CN2CCNCC2)c1N1CCC(N2CCCC2)CC1. The number of benzene rings is 1. The standard InChI is InChI=1S/C21H31F3N4O/c22-21(23,24)29-19-5-3-4-17(16-26-14-8-25-9-15-26)20(19)28-12-6-18(7-13-28)27-10-1-2-11-27/h3-5,18,25H,1-2,6-16H2. The lowest BCUT2D eigenvalue weighted by molar-refractivity contribution is -0.274. The molecule has 8 heteroatoms. The summed E-state index contributed by atoms with van der Waals surface area (Å²) in [6, 6.07) is 5.64. The number of anilines is 1. The molecule has 0 bridgehead atoms. The van der Waals surface area contributed by atoms with Crippen molar-refractivity contribution in [2.75, 3.05) is 57.3 Å². The Labute approximate surface area is 170 Å². The Morgan fingerprint density at radius 1 is 0.966 bits per heavy atom. The van der Waals surface area contributed by atoms with E-state index in [9.17, 15) is 13.2 Å². The van der Waals surface area contributed by atoms with Crippen molar-refractivity contribution in [3.8, 4) is 5.75 Å². The zero-order chi connectivity index (χ0) is 20.3. The predicted molar refractivity (Wildman–Crippen MR) is 107 cm³/mol. The zero-order valence-electron chi connectivity index (χ0n) is 16.9. The third kappa shape index (κ3) is 5.35. The number of hydrogen-bond donors (Lipinski definition) is 1. The van der Waals surface area contributed by atoms with E-state index in [0.29, 0.717) is 18.3 Å². The number of halogens is 3. The molecule has 29 heavy (non-hydrogen) atoms. The molecule has 1 N–H and O–H groups in total. The first-order chi connectivity index (χ1) is 14.0. The van der Waals surface area contributed by atoms with Gasteiger partial charge < -0.3 is 19.9 Å². The van der Waals surface area contributed by atoms with Gasteiger partial charge in [-0.3, -0.25) is 4.90 Å². The summed E-state index contributed by atoms with van der Waals surface area (Å²) in [6.07, 6.45) is -0.175. The summed E-state index contributed by atoms with van der Waals surface area (Å²) >= 11 is 0. The molecular weight excluding hydrogens is 381 g/mol. The van der Waals surface area contributed by atoms with E-state index < -0.39 is 6.36 Å². The number of hydrogen-bond acceptors (Lipinski definition) is 5. The van der Waals surface area contributed by atoms with Crippen LogP contribution in [-0.2, 0) is 6.54 Å². The van der Waals surface area contributed by atoms with Gasteiger partial charge in [-0.2, -0.15) is 0 Å². The molecule has 1 aromatic carbocycles. The Kier molecular flexibility index (Phi) is 6.51. The summed E-state index contributed by atoms with van der Waals surface area (Å²) < 4.78 is 43.7. The normalized spacial score (nSPS) is 22.9. The van der Waals surface area contributed by atoms with Crippen LogP contribution in [0.1, 0.15) is 31.2 Å². The predicted octanol–water partition coefficient (Wildman–Crippen LogP) is 3.06. The van der Waals surface area contributed by atoms with Crippen molar-refractivity contribution in [2.24, 2.45) is 0 Å². The molecule has 1 aromatic rings. The van der Waals surface area contributed by atoms with Gasteiger partial charge in [-0.1, -0.05) is 12.1 Å². The maximum absolute atomic E-state index is 13.1. The highest BCUT2D eigenvalue weighted by molar-refractivity contribution is 5.64. The molecular formula is C21H31F3N4O. The van der Waals surface area contributed by atoms with Crippen LogP contribution in [0.4, 0.5) is 18.9 Å². The summed E-state index contributed by atoms with van der Waals surface area (Å²) in [5.41, 5.74) is 1.55. The second-order valence-corrected chi connectivity index (χ2v) is 8.30. The van der Waals surface area contributed by atoms with Crippen molar-refractivity contribution in [3.05, 3.63) is 23.8 Å². The molecule has 0 unspecified atom stereocenters. The van der Waals surface area contributed by atoms with Crippen molar-refractivity contribution in [1.82, 2.24) is 15.1 Å². The van der Waals surface area contributed by atoms with Crippen molar-refractivity contribution < 1.29 is 17.9 Å². The molecule has 0 aromatic heterocycles. The lowest BCUT2D eigenvalue weighted by Gasteiger charge is -2.39. The van der Waals surface area contributed by atoms with Crippen LogP contribution in [0.3, 0.4) is 0 Å². The Balaban J connectivity index is 1.53. The van der Waals surface area contributed by atoms with Crippen molar-refractivity contribution >= 4 is 5.69 Å². The zero-order valence-corrected chi connectivity index (χ0v) is 16.9. The van der Waals surface area contributed by atoms with E-state index in [1.165, 1.54) is 18.9 Å². The van der Waals surface area contributed by atoms with E-state index in [-0.39, 0.29) is 5.75 Å². The summed E-state index contributed by atoms with van der Waals surface area (Å²) in [4.78, 5) is 6.96. The number of piperidine rings is 1. The Morgan fingerprint density at radius 3 is 2.31 bits per heavy atom. The van der Waals surface area contributed by atoms with Gasteiger partial charge in [0.15, 0.2) is 5.75 Å². The summed E-state index contributed by atoms with van der Waals surface area (Å²) in [6.45, 7) is 8.14. The third-order valence-corrected chi connectivity index (χ3v) is 6.35. The number of rotatable bonds is 5. The van der Waals surface area contributed by atoms with Gasteiger partial charge in [-0.25, -0.2) is 0 Å². The largest absolute Gasteiger partial charge is 0.573 e. The molecule has 4 rings (SSSR count). The highest BCUT2D eigenvalue weighted by atomic mass is 19.4. The van der Waals surface area contributed by atoms with Gasteiger partial charge in [0.2, 0.25) is 0 Å². The average molecular weight is 413 g/mol. The molecule has 162 valence electrons. The molecule has 0 amide bonds. The highest BCUT2D eigenvalue weighted by Crippen LogP contribution is 2.38. The quantitative estimate of drug-likeness (QED) is 0.804. The molecule has 3 aliphatic rings. The van der Waals surface area contributed by atoms with Gasteiger partial charge in [0.05, 0.1) is 5.69 Å². The molecule has 0 radical (unpaired) electrons. The van der Waals surface area contributed by atoms with Crippen LogP contribution in [0.15, 0.2) is 18.2 Å². The van der Waals surface area contributed by atoms with E-state index in [1.807, 2.05) is 6.07 Å². The molecule has 0 spiro atoms. The van der Waals surface area contributed by atoms with E-state index in [0.717, 1.165) is 70.8 Å². The fourth-order valence-corrected chi connectivity index (χ4v) is 4.93. The molecule has 5 nitrogen and oxygen atoms in total. The summed E-state index contributed by atoms with van der Waals surface area (Å²) in [7, 11) is 0. The molecule has 3 saturated heterocycles. The van der Waals surface area contributed by atoms with Gasteiger partial charge in [-0.15, -0.1) is 13.2 Å². The maximum atomic E-state index is 13.1. The monoisotopic (exact) mass is 412 g/mol. The molecule has 0 saturated carbocycles. The molecule has 0 aliphatic carbocycles. The van der Waals surface area contributed by atoms with E-state index in [2.05, 4.69) is 24.8 Å². The molecule has 3 fully saturated rings. The number of nitrogens with one attached hydrogen (secondary N) is 1. The number of nitrogens with zero attached hydrogens (tertiary/aromatic N) is 3. The van der Waals surface area contributed by atoms with Crippen LogP contribution in [0.5, 0.6) is 5.75 Å². The second-order valence-electron chi connectivity index (χ2n) is 8.30. The van der Waals surface area contributed by atoms with Crippen LogP contribution in [0.2, 0.25) is 0 Å². The van der Waals surface area contributed by atoms with Crippen LogP contribution in [-0.4, -0.2) is 74.6 Å². The van der Waals surface area contributed by atoms with E-state index in [4.69, 9.17) is 0 Å². The maximum Gasteiger partial charge on any atom is 0.573 e. The Morgan fingerprint density at radius 2 is 1.66 bits per heavy atom. The van der Waals surface area contributed by atoms with E-state index in [1.54, 1.807) is 6.07 Å². The number of alkyl halides is 3. The third-order valence-electron chi connectivity index (χ3n) is 6.35. The van der Waals surface area contributed by atoms with Crippen LogP contribution < -0.4 is 15.0 Å². The lowest BCUT2D eigenvalue weighted by Crippen LogP contribution is -2.45. The first-order valence-corrected chi connectivity index (χ1v) is 10.8. The Bertz CT molecular complexity index is 664. The topological polar surface area (TPSA) is 31.0 Å². The first-order valence-electron chi connectivity index (χ1n) is 10.8. The Hall–Kier alpha value is -1.51. The minimum atomic E-state index is -4.68. The van der Waals surface area contributed by atoms with Gasteiger partial charge in [0.25, 0.3) is 0 Å². The number of likely N-dealkylation sites (tertiary alicyclic amines) is 1. The van der Waals surface area contributed by atoms with Crippen molar-refractivity contribution in [2.45, 2.75) is 44.6 Å². The van der Waals surface area contributed by atoms with Gasteiger partial charge in [0.1, 0.15) is 0 Å². The van der Waals surface area contributed by atoms with Crippen LogP contribution in [0.25, 0.3) is 0 Å². The minimum Gasteiger partial charge on any atom is -0.404 e.